The molecule has 7 nitrogen and oxygen atoms in total. The Hall–Kier alpha value is -1.79. The number of amides is 3. The van der Waals surface area contributed by atoms with Crippen molar-refractivity contribution in [3.05, 3.63) is 0 Å². The first-order valence-corrected chi connectivity index (χ1v) is 6.95. The summed E-state index contributed by atoms with van der Waals surface area (Å²) in [5.74, 6) is -1.08. The summed E-state index contributed by atoms with van der Waals surface area (Å²) in [6.07, 6.45) is 1.43. The van der Waals surface area contributed by atoms with Gasteiger partial charge in [-0.25, -0.2) is 9.59 Å². The smallest absolute Gasteiger partial charge is 0.326 e. The summed E-state index contributed by atoms with van der Waals surface area (Å²) >= 11 is 0. The van der Waals surface area contributed by atoms with Crippen LogP contribution in [0.4, 0.5) is 4.79 Å². The Kier molecular flexibility index (Phi) is 4.15. The topological polar surface area (TPSA) is 90.0 Å². The lowest BCUT2D eigenvalue weighted by atomic mass is 10.0. The minimum atomic E-state index is -0.944. The highest BCUT2D eigenvalue weighted by Crippen LogP contribution is 2.26. The first-order valence-electron chi connectivity index (χ1n) is 6.95. The van der Waals surface area contributed by atoms with Crippen LogP contribution in [-0.2, 0) is 9.59 Å². The highest BCUT2D eigenvalue weighted by atomic mass is 16.4. The van der Waals surface area contributed by atoms with E-state index in [1.165, 1.54) is 11.8 Å². The molecule has 2 heterocycles. The van der Waals surface area contributed by atoms with Crippen molar-refractivity contribution < 1.29 is 19.5 Å². The summed E-state index contributed by atoms with van der Waals surface area (Å²) in [4.78, 5) is 37.8. The number of hydrogen-bond acceptors (Lipinski definition) is 3. The molecule has 0 radical (unpaired) electrons. The van der Waals surface area contributed by atoms with Gasteiger partial charge < -0.3 is 20.2 Å². The largest absolute Gasteiger partial charge is 0.480 e. The summed E-state index contributed by atoms with van der Waals surface area (Å²) in [5.41, 5.74) is 0. The van der Waals surface area contributed by atoms with Gasteiger partial charge in [-0.05, 0) is 18.8 Å². The Labute approximate surface area is 117 Å². The van der Waals surface area contributed by atoms with Gasteiger partial charge in [0.2, 0.25) is 5.91 Å². The van der Waals surface area contributed by atoms with Gasteiger partial charge in [0.15, 0.2) is 0 Å². The van der Waals surface area contributed by atoms with Crippen LogP contribution >= 0.6 is 0 Å². The van der Waals surface area contributed by atoms with Gasteiger partial charge in [0.25, 0.3) is 0 Å². The van der Waals surface area contributed by atoms with E-state index in [0.29, 0.717) is 32.5 Å². The van der Waals surface area contributed by atoms with E-state index in [1.807, 2.05) is 6.92 Å². The number of carboxylic acids is 1. The summed E-state index contributed by atoms with van der Waals surface area (Å²) in [6, 6.07) is -0.989. The number of nitrogens with one attached hydrogen (secondary N) is 1. The lowest BCUT2D eigenvalue weighted by Gasteiger charge is -2.28. The van der Waals surface area contributed by atoms with Crippen LogP contribution in [0.5, 0.6) is 0 Å². The van der Waals surface area contributed by atoms with Gasteiger partial charge in [0, 0.05) is 32.6 Å². The normalized spacial score (nSPS) is 29.6. The minimum Gasteiger partial charge on any atom is -0.480 e. The van der Waals surface area contributed by atoms with E-state index in [1.54, 1.807) is 4.90 Å². The number of carboxylic acid groups (broad SMARTS) is 1. The number of rotatable bonds is 2. The van der Waals surface area contributed by atoms with Crippen molar-refractivity contribution in [3.8, 4) is 0 Å². The molecule has 0 saturated carbocycles. The van der Waals surface area contributed by atoms with Gasteiger partial charge in [-0.1, -0.05) is 6.92 Å². The van der Waals surface area contributed by atoms with Crippen molar-refractivity contribution in [2.24, 2.45) is 5.92 Å². The Morgan fingerprint density at radius 2 is 1.90 bits per heavy atom. The van der Waals surface area contributed by atoms with Crippen LogP contribution in [0, 0.1) is 5.92 Å². The number of urea groups is 1. The van der Waals surface area contributed by atoms with Crippen LogP contribution in [0.2, 0.25) is 0 Å². The Bertz CT molecular complexity index is 426. The molecule has 0 aromatic rings. The molecule has 0 aromatic carbocycles. The molecule has 2 N–H and O–H groups in total. The Morgan fingerprint density at radius 3 is 2.50 bits per heavy atom. The summed E-state index contributed by atoms with van der Waals surface area (Å²) < 4.78 is 0. The predicted octanol–water partition coefficient (Wildman–Crippen LogP) is 0.112. The van der Waals surface area contributed by atoms with Gasteiger partial charge in [-0.3, -0.25) is 4.79 Å². The third-order valence-corrected chi connectivity index (χ3v) is 4.07. The molecular formula is C13H21N3O4. The predicted molar refractivity (Wildman–Crippen MR) is 71.1 cm³/mol. The number of likely N-dealkylation sites (tertiary alicyclic amines) is 2. The average molecular weight is 283 g/mol. The van der Waals surface area contributed by atoms with E-state index in [-0.39, 0.29) is 23.9 Å². The van der Waals surface area contributed by atoms with Gasteiger partial charge in [-0.15, -0.1) is 0 Å². The van der Waals surface area contributed by atoms with Crippen LogP contribution in [0.25, 0.3) is 0 Å². The maximum atomic E-state index is 12.4. The molecular weight excluding hydrogens is 262 g/mol. The monoisotopic (exact) mass is 283 g/mol. The zero-order valence-corrected chi connectivity index (χ0v) is 11.8. The van der Waals surface area contributed by atoms with Crippen LogP contribution in [-0.4, -0.2) is 64.5 Å². The fourth-order valence-corrected chi connectivity index (χ4v) is 3.06. The lowest BCUT2D eigenvalue weighted by Crippen LogP contribution is -2.49. The number of carbonyl (C=O) groups excluding carboxylic acids is 2. The molecule has 112 valence electrons. The molecule has 2 saturated heterocycles. The molecule has 0 aromatic heterocycles. The van der Waals surface area contributed by atoms with Gasteiger partial charge in [0.05, 0.1) is 0 Å². The Balaban J connectivity index is 1.98. The average Bonchev–Trinajstić information content (AvgIpc) is 2.94. The van der Waals surface area contributed by atoms with Crippen molar-refractivity contribution >= 4 is 17.9 Å². The van der Waals surface area contributed by atoms with E-state index in [9.17, 15) is 19.5 Å². The van der Waals surface area contributed by atoms with E-state index in [2.05, 4.69) is 5.32 Å². The van der Waals surface area contributed by atoms with Crippen molar-refractivity contribution in [1.29, 1.82) is 0 Å². The molecule has 3 unspecified atom stereocenters. The molecule has 20 heavy (non-hydrogen) atoms. The van der Waals surface area contributed by atoms with E-state index in [0.717, 1.165) is 0 Å². The van der Waals surface area contributed by atoms with E-state index < -0.39 is 12.0 Å². The van der Waals surface area contributed by atoms with Crippen LogP contribution < -0.4 is 5.32 Å². The van der Waals surface area contributed by atoms with E-state index >= 15 is 0 Å². The molecule has 2 aliphatic rings. The SMILES string of the molecule is CC(=O)NC1CCN(C(=O)N2CCC(C)C2C(=O)O)C1. The second-order valence-corrected chi connectivity index (χ2v) is 5.66. The molecule has 2 rings (SSSR count). The third kappa shape index (κ3) is 2.86. The second-order valence-electron chi connectivity index (χ2n) is 5.66. The van der Waals surface area contributed by atoms with Gasteiger partial charge in [0.1, 0.15) is 6.04 Å². The van der Waals surface area contributed by atoms with Crippen molar-refractivity contribution in [3.63, 3.8) is 0 Å². The maximum absolute atomic E-state index is 12.4. The quantitative estimate of drug-likeness (QED) is 0.752. The molecule has 2 fully saturated rings. The zero-order chi connectivity index (χ0) is 14.9. The standard InChI is InChI=1S/C13H21N3O4/c1-8-3-6-16(11(8)12(18)19)13(20)15-5-4-10(7-15)14-9(2)17/h8,10-11H,3-7H2,1-2H3,(H,14,17)(H,18,19). The fourth-order valence-electron chi connectivity index (χ4n) is 3.06. The van der Waals surface area contributed by atoms with Gasteiger partial charge in [-0.2, -0.15) is 0 Å². The molecule has 7 heteroatoms. The first-order chi connectivity index (χ1) is 9.40. The zero-order valence-electron chi connectivity index (χ0n) is 11.8. The van der Waals surface area contributed by atoms with Crippen molar-refractivity contribution in [2.45, 2.75) is 38.8 Å². The van der Waals surface area contributed by atoms with Crippen LogP contribution in [0.15, 0.2) is 0 Å². The van der Waals surface area contributed by atoms with Crippen molar-refractivity contribution in [2.75, 3.05) is 19.6 Å². The Morgan fingerprint density at radius 1 is 1.20 bits per heavy atom. The highest BCUT2D eigenvalue weighted by molar-refractivity contribution is 5.84. The summed E-state index contributed by atoms with van der Waals surface area (Å²) in [7, 11) is 0. The summed E-state index contributed by atoms with van der Waals surface area (Å²) in [6.45, 7) is 4.80. The lowest BCUT2D eigenvalue weighted by molar-refractivity contribution is -0.142. The third-order valence-electron chi connectivity index (χ3n) is 4.07. The number of nitrogens with zero attached hydrogens (tertiary/aromatic N) is 2. The first kappa shape index (κ1) is 14.6. The highest BCUT2D eigenvalue weighted by Gasteiger charge is 2.42. The van der Waals surface area contributed by atoms with E-state index in [4.69, 9.17) is 0 Å². The van der Waals surface area contributed by atoms with Crippen LogP contribution in [0.3, 0.4) is 0 Å². The molecule has 2 aliphatic heterocycles. The molecule has 0 spiro atoms. The molecule has 0 bridgehead atoms. The molecule has 3 amide bonds. The molecule has 0 aliphatic carbocycles. The van der Waals surface area contributed by atoms with Crippen LogP contribution in [0.1, 0.15) is 26.7 Å². The van der Waals surface area contributed by atoms with Crippen molar-refractivity contribution in [1.82, 2.24) is 15.1 Å². The number of aliphatic carboxylic acids is 1. The summed E-state index contributed by atoms with van der Waals surface area (Å²) in [5, 5.41) is 12.0. The van der Waals surface area contributed by atoms with Gasteiger partial charge >= 0.3 is 12.0 Å². The number of carbonyl (C=O) groups is 3. The minimum absolute atomic E-state index is 0.0230. The second kappa shape index (κ2) is 5.68. The molecule has 3 atom stereocenters. The fraction of sp³-hybridized carbons (Fsp3) is 0.769. The number of hydrogen-bond donors (Lipinski definition) is 2. The maximum Gasteiger partial charge on any atom is 0.326 e.